The summed E-state index contributed by atoms with van der Waals surface area (Å²) in [6.45, 7) is 4.12. The second kappa shape index (κ2) is 7.60. The summed E-state index contributed by atoms with van der Waals surface area (Å²) in [4.78, 5) is 25.1. The molecule has 1 amide bonds. The summed E-state index contributed by atoms with van der Waals surface area (Å²) in [5.74, 6) is 0.304. The van der Waals surface area contributed by atoms with Gasteiger partial charge in [0.05, 0.1) is 6.42 Å². The normalized spacial score (nSPS) is 21.2. The number of nitrogens with zero attached hydrogens (tertiary/aromatic N) is 2. The lowest BCUT2D eigenvalue weighted by atomic mass is 9.96. The number of carbonyl (C=O) groups is 2. The summed E-state index contributed by atoms with van der Waals surface area (Å²) in [6.07, 6.45) is 7.46. The third kappa shape index (κ3) is 4.13. The Labute approximate surface area is 148 Å². The van der Waals surface area contributed by atoms with Crippen molar-refractivity contribution in [2.45, 2.75) is 46.0 Å². The molecule has 2 heterocycles. The highest BCUT2D eigenvalue weighted by Crippen LogP contribution is 2.27. The zero-order valence-corrected chi connectivity index (χ0v) is 14.9. The van der Waals surface area contributed by atoms with E-state index in [0.717, 1.165) is 42.7 Å². The molecule has 4 nitrogen and oxygen atoms in total. The molecule has 2 aliphatic heterocycles. The molecule has 0 aromatic heterocycles. The number of carbonyl (C=O) groups excluding carboxylic acids is 2. The molecule has 3 rings (SSSR count). The number of allylic oxidation sites excluding steroid dienone is 3. The van der Waals surface area contributed by atoms with Crippen molar-refractivity contribution in [3.05, 3.63) is 59.3 Å². The Balaban J connectivity index is 1.84. The van der Waals surface area contributed by atoms with Crippen LogP contribution in [-0.2, 0) is 4.79 Å². The summed E-state index contributed by atoms with van der Waals surface area (Å²) in [7, 11) is 0. The van der Waals surface area contributed by atoms with E-state index in [2.05, 4.69) is 18.1 Å². The van der Waals surface area contributed by atoms with Crippen molar-refractivity contribution in [3.63, 3.8) is 0 Å². The van der Waals surface area contributed by atoms with Crippen molar-refractivity contribution in [1.29, 1.82) is 0 Å². The summed E-state index contributed by atoms with van der Waals surface area (Å²) in [5.41, 5.74) is 3.50. The van der Waals surface area contributed by atoms with Crippen LogP contribution in [0.4, 0.5) is 0 Å². The van der Waals surface area contributed by atoms with Crippen LogP contribution in [-0.4, -0.2) is 22.4 Å². The molecular formula is C21H24N2O2. The number of rotatable bonds is 3. The molecule has 0 bridgehead atoms. The highest BCUT2D eigenvalue weighted by Gasteiger charge is 2.24. The Morgan fingerprint density at radius 3 is 2.76 bits per heavy atom. The zero-order chi connectivity index (χ0) is 17.8. The van der Waals surface area contributed by atoms with E-state index in [1.54, 1.807) is 6.08 Å². The molecule has 0 N–H and O–H groups in total. The number of ketones is 1. The fourth-order valence-corrected chi connectivity index (χ4v) is 3.15. The van der Waals surface area contributed by atoms with E-state index in [-0.39, 0.29) is 18.1 Å². The van der Waals surface area contributed by atoms with Gasteiger partial charge in [0, 0.05) is 23.0 Å². The molecule has 130 valence electrons. The van der Waals surface area contributed by atoms with Gasteiger partial charge < -0.3 is 0 Å². The van der Waals surface area contributed by atoms with E-state index in [9.17, 15) is 9.59 Å². The maximum Gasteiger partial charge on any atom is 0.271 e. The summed E-state index contributed by atoms with van der Waals surface area (Å²) in [5, 5.41) is 6.08. The van der Waals surface area contributed by atoms with Gasteiger partial charge in [-0.25, -0.2) is 5.01 Å². The minimum atomic E-state index is -0.109. The minimum Gasteiger partial charge on any atom is -0.294 e. The molecule has 0 saturated heterocycles. The predicted octanol–water partition coefficient (Wildman–Crippen LogP) is 4.50. The van der Waals surface area contributed by atoms with E-state index in [1.807, 2.05) is 37.3 Å². The molecule has 2 aliphatic rings. The fraction of sp³-hybridized carbons (Fsp3) is 0.381. The Morgan fingerprint density at radius 1 is 1.24 bits per heavy atom. The number of Topliss-reactive ketones (excluding diaryl/α,β-unsaturated/α-hetero) is 1. The minimum absolute atomic E-state index is 0.0478. The Kier molecular flexibility index (Phi) is 5.27. The van der Waals surface area contributed by atoms with Gasteiger partial charge in [0.2, 0.25) is 0 Å². The number of hydrogen-bond donors (Lipinski definition) is 0. The first kappa shape index (κ1) is 17.3. The molecule has 1 unspecified atom stereocenters. The van der Waals surface area contributed by atoms with E-state index in [4.69, 9.17) is 0 Å². The second-order valence-electron chi connectivity index (χ2n) is 6.86. The first-order valence-electron chi connectivity index (χ1n) is 8.90. The summed E-state index contributed by atoms with van der Waals surface area (Å²) < 4.78 is 0. The summed E-state index contributed by atoms with van der Waals surface area (Å²) in [6, 6.07) is 9.25. The smallest absolute Gasteiger partial charge is 0.271 e. The van der Waals surface area contributed by atoms with Gasteiger partial charge in [0.15, 0.2) is 5.78 Å². The van der Waals surface area contributed by atoms with E-state index < -0.39 is 0 Å². The number of fused-ring (bicyclic) bond motifs is 1. The van der Waals surface area contributed by atoms with Crippen molar-refractivity contribution in [2.24, 2.45) is 11.0 Å². The average Bonchev–Trinajstić information content (AvgIpc) is 2.81. The Bertz CT molecular complexity index is 759. The SMILES string of the molecule is CC1=CC(=O)N2N=C(CC(=O)c3ccccc3)CCCC2=CCC1C. The number of amides is 1. The van der Waals surface area contributed by atoms with Gasteiger partial charge >= 0.3 is 0 Å². The predicted molar refractivity (Wildman–Crippen MR) is 99.1 cm³/mol. The fourth-order valence-electron chi connectivity index (χ4n) is 3.15. The monoisotopic (exact) mass is 336 g/mol. The maximum absolute atomic E-state index is 12.6. The first-order chi connectivity index (χ1) is 12.0. The Morgan fingerprint density at radius 2 is 2.00 bits per heavy atom. The molecule has 1 atom stereocenters. The van der Waals surface area contributed by atoms with Crippen LogP contribution in [0.2, 0.25) is 0 Å². The third-order valence-electron chi connectivity index (χ3n) is 4.92. The lowest BCUT2D eigenvalue weighted by Gasteiger charge is -2.22. The lowest BCUT2D eigenvalue weighted by molar-refractivity contribution is -0.124. The molecule has 0 radical (unpaired) electrons. The molecular weight excluding hydrogens is 312 g/mol. The highest BCUT2D eigenvalue weighted by molar-refractivity contribution is 6.10. The van der Waals surface area contributed by atoms with Crippen LogP contribution in [0.1, 0.15) is 56.3 Å². The number of hydrogen-bond acceptors (Lipinski definition) is 3. The van der Waals surface area contributed by atoms with Gasteiger partial charge in [-0.2, -0.15) is 5.10 Å². The molecule has 4 heteroatoms. The lowest BCUT2D eigenvalue weighted by Crippen LogP contribution is -2.26. The molecule has 0 spiro atoms. The van der Waals surface area contributed by atoms with Crippen LogP contribution in [0.3, 0.4) is 0 Å². The third-order valence-corrected chi connectivity index (χ3v) is 4.92. The van der Waals surface area contributed by atoms with Crippen LogP contribution in [0.5, 0.6) is 0 Å². The largest absolute Gasteiger partial charge is 0.294 e. The molecule has 0 fully saturated rings. The van der Waals surface area contributed by atoms with E-state index in [1.165, 1.54) is 5.01 Å². The second-order valence-corrected chi connectivity index (χ2v) is 6.86. The van der Waals surface area contributed by atoms with Gasteiger partial charge in [-0.3, -0.25) is 9.59 Å². The average molecular weight is 336 g/mol. The van der Waals surface area contributed by atoms with Gasteiger partial charge in [-0.05, 0) is 38.5 Å². The van der Waals surface area contributed by atoms with Crippen LogP contribution >= 0.6 is 0 Å². The van der Waals surface area contributed by atoms with E-state index >= 15 is 0 Å². The zero-order valence-electron chi connectivity index (χ0n) is 14.9. The van der Waals surface area contributed by atoms with Crippen LogP contribution in [0, 0.1) is 5.92 Å². The molecule has 25 heavy (non-hydrogen) atoms. The molecule has 0 saturated carbocycles. The van der Waals surface area contributed by atoms with Crippen molar-refractivity contribution < 1.29 is 9.59 Å². The number of benzene rings is 1. The first-order valence-corrected chi connectivity index (χ1v) is 8.90. The van der Waals surface area contributed by atoms with Crippen LogP contribution < -0.4 is 0 Å². The topological polar surface area (TPSA) is 49.7 Å². The molecule has 1 aromatic rings. The van der Waals surface area contributed by atoms with Crippen molar-refractivity contribution in [2.75, 3.05) is 0 Å². The Hall–Kier alpha value is -2.49. The van der Waals surface area contributed by atoms with Gasteiger partial charge in [-0.15, -0.1) is 0 Å². The van der Waals surface area contributed by atoms with Crippen molar-refractivity contribution in [3.8, 4) is 0 Å². The van der Waals surface area contributed by atoms with E-state index in [0.29, 0.717) is 11.5 Å². The standard InChI is InChI=1S/C21H24N2O2/c1-15-11-12-19-10-6-9-18(22-23(19)21(25)13-16(15)2)14-20(24)17-7-4-3-5-8-17/h3-5,7-8,12-13,15H,6,9-11,14H2,1-2H3. The van der Waals surface area contributed by atoms with Gasteiger partial charge in [0.1, 0.15) is 0 Å². The maximum atomic E-state index is 12.6. The molecule has 1 aromatic carbocycles. The summed E-state index contributed by atoms with van der Waals surface area (Å²) >= 11 is 0. The van der Waals surface area contributed by atoms with Crippen molar-refractivity contribution in [1.82, 2.24) is 5.01 Å². The number of hydrazone groups is 1. The molecule has 0 aliphatic carbocycles. The van der Waals surface area contributed by atoms with Crippen LogP contribution in [0.15, 0.2) is 58.9 Å². The quantitative estimate of drug-likeness (QED) is 0.763. The van der Waals surface area contributed by atoms with Crippen molar-refractivity contribution >= 4 is 17.4 Å². The highest BCUT2D eigenvalue weighted by atomic mass is 16.2. The van der Waals surface area contributed by atoms with Crippen LogP contribution in [0.25, 0.3) is 0 Å². The van der Waals surface area contributed by atoms with Gasteiger partial charge in [-0.1, -0.05) is 48.9 Å². The van der Waals surface area contributed by atoms with Gasteiger partial charge in [0.25, 0.3) is 5.91 Å².